The van der Waals surface area contributed by atoms with Gasteiger partial charge in [0.1, 0.15) is 12.6 Å². The molecule has 0 bridgehead atoms. The van der Waals surface area contributed by atoms with Gasteiger partial charge >= 0.3 is 11.9 Å². The Hall–Kier alpha value is -1.10. The lowest BCUT2D eigenvalue weighted by molar-refractivity contribution is -0.154. The lowest BCUT2D eigenvalue weighted by Crippen LogP contribution is -2.24. The Morgan fingerprint density at radius 1 is 1.70 bits per heavy atom. The van der Waals surface area contributed by atoms with Crippen LogP contribution in [0.2, 0.25) is 0 Å². The highest BCUT2D eigenvalue weighted by Crippen LogP contribution is 1.88. The molecule has 0 saturated carbocycles. The minimum atomic E-state index is -1.22. The van der Waals surface area contributed by atoms with Crippen molar-refractivity contribution in [2.24, 2.45) is 5.73 Å². The van der Waals surface area contributed by atoms with Gasteiger partial charge in [-0.05, 0) is 6.92 Å². The summed E-state index contributed by atoms with van der Waals surface area (Å²) < 4.78 is 4.32. The van der Waals surface area contributed by atoms with E-state index in [1.807, 2.05) is 0 Å². The largest absolute Gasteiger partial charge is 0.481 e. The molecular weight excluding hydrogens is 138 g/mol. The first kappa shape index (κ1) is 8.90. The van der Waals surface area contributed by atoms with E-state index in [4.69, 9.17) is 10.8 Å². The predicted molar refractivity (Wildman–Crippen MR) is 32.0 cm³/mol. The molecule has 0 saturated heterocycles. The van der Waals surface area contributed by atoms with E-state index in [0.717, 1.165) is 0 Å². The smallest absolute Gasteiger partial charge is 0.318 e. The number of carboxylic acid groups (broad SMARTS) is 1. The summed E-state index contributed by atoms with van der Waals surface area (Å²) in [6.07, 6.45) is -1.38. The van der Waals surface area contributed by atoms with Gasteiger partial charge in [0, 0.05) is 0 Å². The number of hydrogen-bond acceptors (Lipinski definition) is 4. The summed E-state index contributed by atoms with van der Waals surface area (Å²) in [5.74, 6) is -2.03. The summed E-state index contributed by atoms with van der Waals surface area (Å²) in [4.78, 5) is 20.2. The van der Waals surface area contributed by atoms with Crippen LogP contribution < -0.4 is 5.73 Å². The molecule has 10 heavy (non-hydrogen) atoms. The predicted octanol–water partition coefficient (Wildman–Crippen LogP) is -0.691. The second-order valence-corrected chi connectivity index (χ2v) is 1.77. The van der Waals surface area contributed by atoms with Crippen LogP contribution in [0.5, 0.6) is 0 Å². The molecule has 0 heterocycles. The zero-order valence-corrected chi connectivity index (χ0v) is 5.53. The van der Waals surface area contributed by atoms with E-state index in [1.165, 1.54) is 6.92 Å². The molecular formula is C5H9NO4. The van der Waals surface area contributed by atoms with Crippen LogP contribution in [-0.4, -0.2) is 23.3 Å². The van der Waals surface area contributed by atoms with Crippen molar-refractivity contribution in [3.63, 3.8) is 0 Å². The maximum atomic E-state index is 10.4. The van der Waals surface area contributed by atoms with E-state index in [0.29, 0.717) is 0 Å². The average molecular weight is 147 g/mol. The Kier molecular flexibility index (Phi) is 3.42. The average Bonchev–Trinajstić information content (AvgIpc) is 1.58. The van der Waals surface area contributed by atoms with Crippen molar-refractivity contribution in [2.75, 3.05) is 0 Å². The molecule has 0 aromatic rings. The fourth-order valence-electron chi connectivity index (χ4n) is 0.372. The maximum absolute atomic E-state index is 10.4. The highest BCUT2D eigenvalue weighted by Gasteiger charge is 2.09. The minimum absolute atomic E-state index is 0.637. The second kappa shape index (κ2) is 3.84. The highest BCUT2D eigenvalue weighted by atomic mass is 16.6. The van der Waals surface area contributed by atoms with Crippen molar-refractivity contribution >= 4 is 11.9 Å². The third kappa shape index (κ3) is 5.04. The summed E-state index contributed by atoms with van der Waals surface area (Å²) >= 11 is 0. The topological polar surface area (TPSA) is 89.6 Å². The van der Waals surface area contributed by atoms with Crippen LogP contribution in [0.1, 0.15) is 13.3 Å². The van der Waals surface area contributed by atoms with Gasteiger partial charge in [0.15, 0.2) is 0 Å². The van der Waals surface area contributed by atoms with Crippen molar-refractivity contribution in [3.8, 4) is 0 Å². The van der Waals surface area contributed by atoms with E-state index in [9.17, 15) is 9.59 Å². The first-order chi connectivity index (χ1) is 4.52. The fraction of sp³-hybridized carbons (Fsp3) is 0.600. The molecule has 0 fully saturated rings. The number of rotatable bonds is 3. The van der Waals surface area contributed by atoms with E-state index in [2.05, 4.69) is 4.74 Å². The van der Waals surface area contributed by atoms with Gasteiger partial charge in [-0.3, -0.25) is 15.3 Å². The zero-order valence-electron chi connectivity index (χ0n) is 5.53. The zero-order chi connectivity index (χ0) is 8.15. The van der Waals surface area contributed by atoms with Crippen LogP contribution in [0.25, 0.3) is 0 Å². The molecule has 58 valence electrons. The number of ether oxygens (including phenoxy) is 1. The molecule has 0 aliphatic carbocycles. The molecule has 0 amide bonds. The number of nitrogens with two attached hydrogens (primary N) is 1. The molecule has 0 rings (SSSR count). The molecule has 3 N–H and O–H groups in total. The van der Waals surface area contributed by atoms with Crippen LogP contribution in [0.4, 0.5) is 0 Å². The van der Waals surface area contributed by atoms with E-state index < -0.39 is 24.6 Å². The maximum Gasteiger partial charge on any atom is 0.318 e. The number of carbonyl (C=O) groups is 2. The van der Waals surface area contributed by atoms with Gasteiger partial charge < -0.3 is 9.84 Å². The normalized spacial score (nSPS) is 12.2. The Labute approximate surface area is 57.8 Å². The van der Waals surface area contributed by atoms with Gasteiger partial charge in [-0.2, -0.15) is 0 Å². The van der Waals surface area contributed by atoms with Crippen LogP contribution in [0.15, 0.2) is 0 Å². The van der Waals surface area contributed by atoms with Crippen LogP contribution in [0.3, 0.4) is 0 Å². The summed E-state index contributed by atoms with van der Waals surface area (Å²) in [5.41, 5.74) is 5.03. The van der Waals surface area contributed by atoms with Crippen molar-refractivity contribution in [2.45, 2.75) is 19.6 Å². The van der Waals surface area contributed by atoms with E-state index in [-0.39, 0.29) is 0 Å². The van der Waals surface area contributed by atoms with Gasteiger partial charge in [-0.25, -0.2) is 0 Å². The van der Waals surface area contributed by atoms with Crippen molar-refractivity contribution in [3.05, 3.63) is 0 Å². The molecule has 0 aliphatic heterocycles. The molecule has 0 aliphatic rings. The van der Waals surface area contributed by atoms with Crippen LogP contribution in [0, 0.1) is 0 Å². The third-order valence-electron chi connectivity index (χ3n) is 0.613. The lowest BCUT2D eigenvalue weighted by atomic mass is 10.4. The van der Waals surface area contributed by atoms with Gasteiger partial charge in [0.05, 0.1) is 0 Å². The Morgan fingerprint density at radius 3 is 2.50 bits per heavy atom. The van der Waals surface area contributed by atoms with Gasteiger partial charge in [0.2, 0.25) is 0 Å². The van der Waals surface area contributed by atoms with Crippen LogP contribution in [-0.2, 0) is 14.3 Å². The number of aliphatic carboxylic acids is 1. The summed E-state index contributed by atoms with van der Waals surface area (Å²) in [5, 5.41) is 8.06. The van der Waals surface area contributed by atoms with Crippen molar-refractivity contribution in [1.29, 1.82) is 0 Å². The van der Waals surface area contributed by atoms with Crippen molar-refractivity contribution < 1.29 is 19.4 Å². The molecule has 0 aromatic heterocycles. The summed E-state index contributed by atoms with van der Waals surface area (Å²) in [6, 6.07) is 0. The fourth-order valence-corrected chi connectivity index (χ4v) is 0.372. The molecule has 0 spiro atoms. The Bertz CT molecular complexity index is 143. The molecule has 0 aromatic carbocycles. The first-order valence-corrected chi connectivity index (χ1v) is 2.69. The van der Waals surface area contributed by atoms with E-state index in [1.54, 1.807) is 0 Å². The highest BCUT2D eigenvalue weighted by molar-refractivity contribution is 5.90. The Balaban J connectivity index is 3.54. The third-order valence-corrected chi connectivity index (χ3v) is 0.613. The number of carbonyl (C=O) groups excluding carboxylic acids is 1. The van der Waals surface area contributed by atoms with Gasteiger partial charge in [-0.1, -0.05) is 0 Å². The quantitative estimate of drug-likeness (QED) is 0.313. The van der Waals surface area contributed by atoms with Crippen molar-refractivity contribution in [1.82, 2.24) is 0 Å². The minimum Gasteiger partial charge on any atom is -0.481 e. The van der Waals surface area contributed by atoms with Gasteiger partial charge in [0.25, 0.3) is 0 Å². The molecule has 5 heteroatoms. The second-order valence-electron chi connectivity index (χ2n) is 1.77. The molecule has 5 nitrogen and oxygen atoms in total. The van der Waals surface area contributed by atoms with E-state index >= 15 is 0 Å². The molecule has 0 radical (unpaired) electrons. The monoisotopic (exact) mass is 147 g/mol. The number of hydrogen-bond donors (Lipinski definition) is 2. The first-order valence-electron chi connectivity index (χ1n) is 2.69. The lowest BCUT2D eigenvalue weighted by Gasteiger charge is -2.04. The molecule has 1 atom stereocenters. The van der Waals surface area contributed by atoms with Gasteiger partial charge in [-0.15, -0.1) is 0 Å². The molecule has 1 unspecified atom stereocenters. The summed E-state index contributed by atoms with van der Waals surface area (Å²) in [6.45, 7) is 1.44. The summed E-state index contributed by atoms with van der Waals surface area (Å²) in [7, 11) is 0. The SMILES string of the molecule is CC(N)OC(=O)CC(=O)O. The number of esters is 1. The van der Waals surface area contributed by atoms with Crippen LogP contribution >= 0.6 is 0 Å². The number of carboxylic acids is 1. The standard InChI is InChI=1S/C5H9NO4/c1-3(6)10-5(9)2-4(7)8/h3H,2,6H2,1H3,(H,7,8). The Morgan fingerprint density at radius 2 is 2.20 bits per heavy atom.